The lowest BCUT2D eigenvalue weighted by molar-refractivity contribution is 0.892. The summed E-state index contributed by atoms with van der Waals surface area (Å²) in [4.78, 5) is 17.4. The van der Waals surface area contributed by atoms with Gasteiger partial charge in [0.25, 0.3) is 0 Å². The lowest BCUT2D eigenvalue weighted by Gasteiger charge is -2.23. The average molecular weight is 1110 g/mol. The zero-order chi connectivity index (χ0) is 56.8. The molecule has 17 aromatic rings. The summed E-state index contributed by atoms with van der Waals surface area (Å²) in [5.41, 5.74) is 27.0. The second kappa shape index (κ2) is 18.4. The van der Waals surface area contributed by atoms with E-state index >= 15 is 0 Å². The molecule has 0 radical (unpaired) electrons. The molecule has 4 heterocycles. The first kappa shape index (κ1) is 47.7. The largest absolute Gasteiger partial charge is 0.309 e. The van der Waals surface area contributed by atoms with Crippen LogP contribution in [-0.4, -0.2) is 28.7 Å². The highest BCUT2D eigenvalue weighted by molar-refractivity contribution is 6.17. The predicted octanol–water partition coefficient (Wildman–Crippen LogP) is 20.8. The molecule has 0 spiro atoms. The molecule has 19 rings (SSSR count). The van der Waals surface area contributed by atoms with Gasteiger partial charge in [-0.05, 0) is 150 Å². The molecule has 0 aliphatic heterocycles. The number of para-hydroxylation sites is 5. The van der Waals surface area contributed by atoms with Crippen LogP contribution in [0.1, 0.15) is 0 Å². The molecule has 2 aliphatic rings. The van der Waals surface area contributed by atoms with Gasteiger partial charge in [-0.1, -0.05) is 231 Å². The van der Waals surface area contributed by atoms with Crippen molar-refractivity contribution in [1.29, 1.82) is 0 Å². The van der Waals surface area contributed by atoms with Gasteiger partial charge in [0.15, 0.2) is 5.82 Å². The maximum Gasteiger partial charge on any atom is 0.240 e. The van der Waals surface area contributed by atoms with Gasteiger partial charge in [-0.15, -0.1) is 0 Å². The molecule has 2 aliphatic carbocycles. The summed E-state index contributed by atoms with van der Waals surface area (Å²) < 4.78 is 6.95. The monoisotopic (exact) mass is 1100 g/mol. The van der Waals surface area contributed by atoms with E-state index in [-0.39, 0.29) is 0 Å². The summed E-state index contributed by atoms with van der Waals surface area (Å²) in [7, 11) is 0. The van der Waals surface area contributed by atoms with Crippen molar-refractivity contribution in [3.63, 3.8) is 0 Å². The molecular formula is C81H48N6. The van der Waals surface area contributed by atoms with Crippen LogP contribution in [0.5, 0.6) is 0 Å². The summed E-state index contributed by atoms with van der Waals surface area (Å²) in [5, 5.41) is 6.79. The lowest BCUT2D eigenvalue weighted by Crippen LogP contribution is -2.11. The van der Waals surface area contributed by atoms with Crippen molar-refractivity contribution in [1.82, 2.24) is 28.7 Å². The molecule has 4 aromatic heterocycles. The van der Waals surface area contributed by atoms with Gasteiger partial charge in [0, 0.05) is 37.9 Å². The number of hydrogen-bond acceptors (Lipinski definition) is 3. The minimum absolute atomic E-state index is 0.510. The predicted molar refractivity (Wildman–Crippen MR) is 359 cm³/mol. The molecule has 0 fully saturated rings. The van der Waals surface area contributed by atoms with E-state index in [1.54, 1.807) is 0 Å². The zero-order valence-corrected chi connectivity index (χ0v) is 46.9. The second-order valence-corrected chi connectivity index (χ2v) is 23.0. The normalized spacial score (nSPS) is 12.1. The summed E-state index contributed by atoms with van der Waals surface area (Å²) >= 11 is 0. The third kappa shape index (κ3) is 6.89. The quantitative estimate of drug-likeness (QED) is 0.176. The third-order valence-corrected chi connectivity index (χ3v) is 18.5. The summed E-state index contributed by atoms with van der Waals surface area (Å²) in [6.07, 6.45) is 0. The van der Waals surface area contributed by atoms with E-state index in [4.69, 9.17) is 15.0 Å². The fourth-order valence-corrected chi connectivity index (χ4v) is 14.8. The minimum atomic E-state index is 0.510. The molecule has 0 saturated carbocycles. The maximum atomic E-state index is 5.84. The fraction of sp³-hybridized carbons (Fsp3) is 0. The highest BCUT2D eigenvalue weighted by Crippen LogP contribution is 2.52. The maximum absolute atomic E-state index is 5.84. The van der Waals surface area contributed by atoms with Crippen LogP contribution < -0.4 is 0 Å². The van der Waals surface area contributed by atoms with Gasteiger partial charge >= 0.3 is 0 Å². The Bertz CT molecular complexity index is 5470. The van der Waals surface area contributed by atoms with Gasteiger partial charge in [0.2, 0.25) is 11.9 Å². The van der Waals surface area contributed by atoms with E-state index in [0.717, 1.165) is 88.1 Å². The van der Waals surface area contributed by atoms with Gasteiger partial charge in [-0.2, -0.15) is 15.0 Å². The van der Waals surface area contributed by atoms with Crippen LogP contribution in [0.4, 0.5) is 0 Å². The van der Waals surface area contributed by atoms with Gasteiger partial charge in [0.05, 0.1) is 38.8 Å². The first-order chi connectivity index (χ1) is 43.2. The van der Waals surface area contributed by atoms with E-state index < -0.39 is 0 Å². The van der Waals surface area contributed by atoms with Crippen LogP contribution in [0.15, 0.2) is 291 Å². The highest BCUT2D eigenvalue weighted by Gasteiger charge is 2.29. The average Bonchev–Trinajstić information content (AvgIpc) is 1.79. The summed E-state index contributed by atoms with van der Waals surface area (Å²) in [6, 6.07) is 106. The Hall–Kier alpha value is -11.7. The number of aromatic nitrogens is 6. The van der Waals surface area contributed by atoms with Gasteiger partial charge in [0.1, 0.15) is 0 Å². The van der Waals surface area contributed by atoms with Gasteiger partial charge in [-0.3, -0.25) is 9.13 Å². The van der Waals surface area contributed by atoms with Crippen LogP contribution in [0.25, 0.3) is 183 Å². The summed E-state index contributed by atoms with van der Waals surface area (Å²) in [6.45, 7) is 0. The Morgan fingerprint density at radius 3 is 0.747 bits per heavy atom. The van der Waals surface area contributed by atoms with Crippen molar-refractivity contribution < 1.29 is 0 Å². The molecule has 6 nitrogen and oxygen atoms in total. The van der Waals surface area contributed by atoms with Gasteiger partial charge < -0.3 is 4.57 Å². The molecular weight excluding hydrogens is 1060 g/mol. The number of nitrogens with zero attached hydrogens (tertiary/aromatic N) is 6. The summed E-state index contributed by atoms with van der Waals surface area (Å²) in [5.74, 6) is 1.57. The van der Waals surface area contributed by atoms with E-state index in [2.05, 4.69) is 305 Å². The van der Waals surface area contributed by atoms with Crippen molar-refractivity contribution in [2.45, 2.75) is 0 Å². The lowest BCUT2D eigenvalue weighted by atomic mass is 9.80. The molecule has 0 bridgehead atoms. The first-order valence-corrected chi connectivity index (χ1v) is 29.8. The third-order valence-electron chi connectivity index (χ3n) is 18.5. The van der Waals surface area contributed by atoms with Crippen molar-refractivity contribution in [2.75, 3.05) is 0 Å². The van der Waals surface area contributed by atoms with Crippen molar-refractivity contribution in [3.05, 3.63) is 291 Å². The van der Waals surface area contributed by atoms with Crippen molar-refractivity contribution in [3.8, 4) is 118 Å². The van der Waals surface area contributed by atoms with Crippen LogP contribution in [-0.2, 0) is 0 Å². The van der Waals surface area contributed by atoms with Crippen molar-refractivity contribution >= 4 is 65.4 Å². The topological polar surface area (TPSA) is 53.5 Å². The first-order valence-electron chi connectivity index (χ1n) is 29.8. The van der Waals surface area contributed by atoms with Crippen LogP contribution in [0.3, 0.4) is 0 Å². The highest BCUT2D eigenvalue weighted by atomic mass is 15.3. The molecule has 0 unspecified atom stereocenters. The molecule has 0 N–H and O–H groups in total. The minimum Gasteiger partial charge on any atom is -0.309 e. The van der Waals surface area contributed by atoms with E-state index in [0.29, 0.717) is 17.7 Å². The molecule has 402 valence electrons. The molecule has 0 amide bonds. The van der Waals surface area contributed by atoms with Crippen LogP contribution in [0.2, 0.25) is 0 Å². The Morgan fingerprint density at radius 2 is 0.414 bits per heavy atom. The van der Waals surface area contributed by atoms with Crippen LogP contribution >= 0.6 is 0 Å². The molecule has 0 saturated heterocycles. The van der Waals surface area contributed by atoms with E-state index in [1.165, 1.54) is 77.5 Å². The molecule has 87 heavy (non-hydrogen) atoms. The Morgan fingerprint density at radius 1 is 0.172 bits per heavy atom. The van der Waals surface area contributed by atoms with Gasteiger partial charge in [-0.25, -0.2) is 0 Å². The Labute approximate surface area is 500 Å². The zero-order valence-electron chi connectivity index (χ0n) is 46.9. The number of fused-ring (bicyclic) bond motifs is 25. The van der Waals surface area contributed by atoms with E-state index in [9.17, 15) is 0 Å². The second-order valence-electron chi connectivity index (χ2n) is 23.0. The number of rotatable bonds is 4. The fourth-order valence-electron chi connectivity index (χ4n) is 14.8. The Balaban J connectivity index is 0.936. The molecule has 13 aromatic carbocycles. The van der Waals surface area contributed by atoms with Crippen LogP contribution in [0, 0.1) is 0 Å². The Kier molecular flexibility index (Phi) is 10.1. The smallest absolute Gasteiger partial charge is 0.240 e. The number of hydrogen-bond donors (Lipinski definition) is 0. The number of benzene rings is 13. The SMILES string of the molecule is c1ccc2c(c1)-c1ccccc1-c1cc3c4ccccc4n(-c4nc(-c5ccccc5-n5c6ccccc6c6ccccc65)nc(-n5c6ccccc6c6cc7c(cc65)-c5ccccc5-c5ccccc5-c5ccccc5-7)n4)c3cc1-c1ccccc1-2. The molecule has 0 atom stereocenters. The van der Waals surface area contributed by atoms with E-state index in [1.807, 2.05) is 0 Å². The molecule has 6 heteroatoms. The standard InChI is InChI=1S/C81H48N6/c1-3-25-51-49(23-1)53-27-5-9-31-57(53)66-45-70-63-37-15-20-42-74(63)86(77(70)47-68(66)59-33-11-7-29-55(51)59)80-82-79(65-39-17-22-44-76(65)85-72-40-18-13-35-61(72)62-36-14-19-41-73(62)85)83-81(84-80)87-75-43-21-16-38-64(75)71-46-67-58-32-10-6-28-54(58)50-24-2-4-26-52(50)56-30-8-12-34-60(56)69(67)48-78(71)87/h1-48H. The van der Waals surface area contributed by atoms with Crippen molar-refractivity contribution in [2.24, 2.45) is 0 Å².